The topological polar surface area (TPSA) is 72.3 Å². The van der Waals surface area contributed by atoms with Crippen LogP contribution in [-0.2, 0) is 11.2 Å². The molecule has 1 aliphatic heterocycles. The summed E-state index contributed by atoms with van der Waals surface area (Å²) in [4.78, 5) is 19.8. The zero-order chi connectivity index (χ0) is 23.7. The van der Waals surface area contributed by atoms with Crippen molar-refractivity contribution in [2.45, 2.75) is 39.2 Å². The van der Waals surface area contributed by atoms with Crippen LogP contribution in [-0.4, -0.2) is 46.9 Å². The number of nitrogens with zero attached hydrogens (tertiary/aromatic N) is 4. The molecule has 2 aromatic heterocycles. The van der Waals surface area contributed by atoms with Crippen molar-refractivity contribution in [3.05, 3.63) is 65.4 Å². The standard InChI is InChI=1S/C26H29N5O2S/c1-17-5-4-6-21(15-17)31-25-24(18(2)29-31)34-26(28-25)30-13-11-20(12-14-30)27-23(32)16-19-7-9-22(33-3)10-8-19/h4-10,15,20H,11-14,16H2,1-3H3,(H,27,32). The molecule has 1 saturated heterocycles. The molecule has 3 heterocycles. The van der Waals surface area contributed by atoms with E-state index >= 15 is 0 Å². The van der Waals surface area contributed by atoms with Crippen molar-refractivity contribution in [1.29, 1.82) is 0 Å². The van der Waals surface area contributed by atoms with Crippen molar-refractivity contribution in [3.8, 4) is 11.4 Å². The third kappa shape index (κ3) is 4.63. The molecular formula is C26H29N5O2S. The fourth-order valence-corrected chi connectivity index (χ4v) is 5.46. The zero-order valence-electron chi connectivity index (χ0n) is 19.7. The van der Waals surface area contributed by atoms with Gasteiger partial charge in [0.15, 0.2) is 10.8 Å². The predicted octanol–water partition coefficient (Wildman–Crippen LogP) is 4.44. The highest BCUT2D eigenvalue weighted by Gasteiger charge is 2.24. The van der Waals surface area contributed by atoms with Crippen LogP contribution in [0.4, 0.5) is 5.13 Å². The van der Waals surface area contributed by atoms with Crippen molar-refractivity contribution in [2.24, 2.45) is 0 Å². The van der Waals surface area contributed by atoms with Gasteiger partial charge in [0.25, 0.3) is 0 Å². The van der Waals surface area contributed by atoms with Crippen LogP contribution in [0.3, 0.4) is 0 Å². The van der Waals surface area contributed by atoms with Crippen LogP contribution in [0.25, 0.3) is 16.0 Å². The Labute approximate surface area is 203 Å². The minimum absolute atomic E-state index is 0.0671. The van der Waals surface area contributed by atoms with Gasteiger partial charge in [0, 0.05) is 19.1 Å². The maximum atomic E-state index is 12.5. The van der Waals surface area contributed by atoms with Gasteiger partial charge in [0.1, 0.15) is 5.75 Å². The summed E-state index contributed by atoms with van der Waals surface area (Å²) < 4.78 is 8.26. The van der Waals surface area contributed by atoms with E-state index in [0.717, 1.165) is 64.1 Å². The Morgan fingerprint density at radius 2 is 1.91 bits per heavy atom. The van der Waals surface area contributed by atoms with Crippen molar-refractivity contribution in [2.75, 3.05) is 25.1 Å². The first-order valence-corrected chi connectivity index (χ1v) is 12.4. The Bertz CT molecular complexity index is 1300. The molecule has 0 aliphatic carbocycles. The fourth-order valence-electron chi connectivity index (χ4n) is 4.42. The van der Waals surface area contributed by atoms with Crippen molar-refractivity contribution < 1.29 is 9.53 Å². The van der Waals surface area contributed by atoms with Gasteiger partial charge in [-0.25, -0.2) is 4.68 Å². The Morgan fingerprint density at radius 1 is 1.15 bits per heavy atom. The Balaban J connectivity index is 1.22. The molecule has 0 spiro atoms. The van der Waals surface area contributed by atoms with E-state index < -0.39 is 0 Å². The molecule has 1 N–H and O–H groups in total. The Morgan fingerprint density at radius 3 is 2.62 bits per heavy atom. The molecule has 4 aromatic rings. The summed E-state index contributed by atoms with van der Waals surface area (Å²) in [5.74, 6) is 0.866. The molecule has 5 rings (SSSR count). The number of rotatable bonds is 6. The fraction of sp³-hybridized carbons (Fsp3) is 0.346. The Kier molecular flexibility index (Phi) is 6.24. The predicted molar refractivity (Wildman–Crippen MR) is 136 cm³/mol. The maximum absolute atomic E-state index is 12.5. The molecule has 1 amide bonds. The van der Waals surface area contributed by atoms with Gasteiger partial charge in [-0.05, 0) is 62.1 Å². The second-order valence-corrected chi connectivity index (χ2v) is 9.82. The highest BCUT2D eigenvalue weighted by atomic mass is 32.1. The van der Waals surface area contributed by atoms with E-state index in [1.165, 1.54) is 5.56 Å². The molecule has 1 fully saturated rings. The number of fused-ring (bicyclic) bond motifs is 1. The zero-order valence-corrected chi connectivity index (χ0v) is 20.6. The normalized spacial score (nSPS) is 14.5. The van der Waals surface area contributed by atoms with E-state index in [4.69, 9.17) is 14.8 Å². The van der Waals surface area contributed by atoms with Gasteiger partial charge >= 0.3 is 0 Å². The lowest BCUT2D eigenvalue weighted by Crippen LogP contribution is -2.45. The monoisotopic (exact) mass is 475 g/mol. The average molecular weight is 476 g/mol. The number of anilines is 1. The van der Waals surface area contributed by atoms with Crippen LogP contribution in [0.15, 0.2) is 48.5 Å². The van der Waals surface area contributed by atoms with Crippen molar-refractivity contribution in [3.63, 3.8) is 0 Å². The molecule has 34 heavy (non-hydrogen) atoms. The van der Waals surface area contributed by atoms with Gasteiger partial charge < -0.3 is 15.0 Å². The number of ether oxygens (including phenoxy) is 1. The second-order valence-electron chi connectivity index (χ2n) is 8.84. The van der Waals surface area contributed by atoms with Crippen LogP contribution >= 0.6 is 11.3 Å². The van der Waals surface area contributed by atoms with Crippen molar-refractivity contribution in [1.82, 2.24) is 20.1 Å². The molecular weight excluding hydrogens is 446 g/mol. The number of nitrogens with one attached hydrogen (secondary N) is 1. The molecule has 0 atom stereocenters. The van der Waals surface area contributed by atoms with Gasteiger partial charge in [0.05, 0.1) is 29.6 Å². The SMILES string of the molecule is COc1ccc(CC(=O)NC2CCN(c3nc4c(s3)c(C)nn4-c3cccc(C)c3)CC2)cc1. The number of benzene rings is 2. The summed E-state index contributed by atoms with van der Waals surface area (Å²) in [5.41, 5.74) is 5.14. The van der Waals surface area contributed by atoms with Crippen LogP contribution in [0.1, 0.15) is 29.7 Å². The van der Waals surface area contributed by atoms with Gasteiger partial charge in [-0.15, -0.1) is 0 Å². The molecule has 0 unspecified atom stereocenters. The van der Waals surface area contributed by atoms with Gasteiger partial charge in [-0.2, -0.15) is 10.1 Å². The lowest BCUT2D eigenvalue weighted by Gasteiger charge is -2.32. The van der Waals surface area contributed by atoms with Gasteiger partial charge in [-0.1, -0.05) is 35.6 Å². The third-order valence-corrected chi connectivity index (χ3v) is 7.49. The van der Waals surface area contributed by atoms with E-state index in [9.17, 15) is 4.79 Å². The minimum atomic E-state index is 0.0671. The number of aromatic nitrogens is 3. The van der Waals surface area contributed by atoms with Crippen LogP contribution in [0.2, 0.25) is 0 Å². The number of thiazole rings is 1. The highest BCUT2D eigenvalue weighted by Crippen LogP contribution is 2.33. The second kappa shape index (κ2) is 9.46. The van der Waals surface area contributed by atoms with Gasteiger partial charge in [-0.3, -0.25) is 4.79 Å². The molecule has 8 heteroatoms. The maximum Gasteiger partial charge on any atom is 0.224 e. The lowest BCUT2D eigenvalue weighted by molar-refractivity contribution is -0.121. The number of aryl methyl sites for hydroxylation is 2. The van der Waals surface area contributed by atoms with Crippen LogP contribution < -0.4 is 15.0 Å². The summed E-state index contributed by atoms with van der Waals surface area (Å²) >= 11 is 1.70. The van der Waals surface area contributed by atoms with E-state index in [2.05, 4.69) is 41.4 Å². The first-order chi connectivity index (χ1) is 16.5. The smallest absolute Gasteiger partial charge is 0.224 e. The molecule has 0 bridgehead atoms. The van der Waals surface area contributed by atoms with Crippen LogP contribution in [0, 0.1) is 13.8 Å². The van der Waals surface area contributed by atoms with Crippen molar-refractivity contribution >= 4 is 32.7 Å². The van der Waals surface area contributed by atoms with E-state index in [-0.39, 0.29) is 11.9 Å². The quantitative estimate of drug-likeness (QED) is 0.447. The Hall–Kier alpha value is -3.39. The summed E-state index contributed by atoms with van der Waals surface area (Å²) in [6.45, 7) is 5.88. The van der Waals surface area contributed by atoms with Crippen LogP contribution in [0.5, 0.6) is 5.75 Å². The number of hydrogen-bond acceptors (Lipinski definition) is 6. The third-order valence-electron chi connectivity index (χ3n) is 6.28. The molecule has 0 radical (unpaired) electrons. The largest absolute Gasteiger partial charge is 0.497 e. The number of carbonyl (C=O) groups is 1. The summed E-state index contributed by atoms with van der Waals surface area (Å²) in [7, 11) is 1.64. The van der Waals surface area contributed by atoms with E-state index in [1.807, 2.05) is 35.9 Å². The number of methoxy groups -OCH3 is 1. The molecule has 176 valence electrons. The molecule has 1 aliphatic rings. The van der Waals surface area contributed by atoms with E-state index in [0.29, 0.717) is 6.42 Å². The molecule has 7 nitrogen and oxygen atoms in total. The summed E-state index contributed by atoms with van der Waals surface area (Å²) in [5, 5.41) is 8.96. The first kappa shape index (κ1) is 22.4. The number of amides is 1. The highest BCUT2D eigenvalue weighted by molar-refractivity contribution is 7.22. The average Bonchev–Trinajstić information content (AvgIpc) is 3.40. The van der Waals surface area contributed by atoms with Gasteiger partial charge in [0.2, 0.25) is 5.91 Å². The molecule has 2 aromatic carbocycles. The van der Waals surface area contributed by atoms with E-state index in [1.54, 1.807) is 18.4 Å². The summed E-state index contributed by atoms with van der Waals surface area (Å²) in [6.07, 6.45) is 2.21. The number of hydrogen-bond donors (Lipinski definition) is 1. The number of piperidine rings is 1. The minimum Gasteiger partial charge on any atom is -0.497 e. The number of carbonyl (C=O) groups excluding carboxylic acids is 1. The lowest BCUT2D eigenvalue weighted by atomic mass is 10.0. The molecule has 0 saturated carbocycles. The summed E-state index contributed by atoms with van der Waals surface area (Å²) in [6, 6.07) is 16.2. The first-order valence-electron chi connectivity index (χ1n) is 11.6.